The van der Waals surface area contributed by atoms with E-state index in [2.05, 4.69) is 0 Å². The lowest BCUT2D eigenvalue weighted by molar-refractivity contribution is -0.179. The molecule has 3 aliphatic heterocycles. The molecule has 0 N–H and O–H groups in total. The Labute approximate surface area is 247 Å². The largest absolute Gasteiger partial charge is 0.465 e. The maximum Gasteiger partial charge on any atom is 0.322 e. The molecule has 2 aromatic rings. The van der Waals surface area contributed by atoms with Gasteiger partial charge in [0.05, 0.1) is 31.6 Å². The highest BCUT2D eigenvalue weighted by Crippen LogP contribution is 2.56. The lowest BCUT2D eigenvalue weighted by Crippen LogP contribution is -2.58. The number of ether oxygens (including phenoxy) is 3. The molecule has 3 fully saturated rings. The lowest BCUT2D eigenvalue weighted by atomic mass is 9.62. The van der Waals surface area contributed by atoms with E-state index in [0.29, 0.717) is 25.9 Å². The molecule has 0 saturated carbocycles. The Morgan fingerprint density at radius 1 is 1.02 bits per heavy atom. The van der Waals surface area contributed by atoms with Crippen LogP contribution in [-0.4, -0.2) is 65.0 Å². The summed E-state index contributed by atoms with van der Waals surface area (Å²) in [7, 11) is 0. The third-order valence-corrected chi connectivity index (χ3v) is 8.47. The fourth-order valence-electron chi connectivity index (χ4n) is 6.86. The topological polar surface area (TPSA) is 102 Å². The van der Waals surface area contributed by atoms with Crippen LogP contribution < -0.4 is 0 Å². The number of benzene rings is 2. The molecule has 0 aliphatic carbocycles. The summed E-state index contributed by atoms with van der Waals surface area (Å²) in [6.07, 6.45) is -0.0341. The van der Waals surface area contributed by atoms with Gasteiger partial charge in [-0.05, 0) is 46.1 Å². The van der Waals surface area contributed by atoms with Crippen molar-refractivity contribution in [2.75, 3.05) is 19.8 Å². The molecule has 9 nitrogen and oxygen atoms in total. The van der Waals surface area contributed by atoms with Crippen LogP contribution >= 0.6 is 0 Å². The first-order valence-corrected chi connectivity index (χ1v) is 14.8. The van der Waals surface area contributed by atoms with Gasteiger partial charge in [-0.25, -0.2) is 0 Å². The summed E-state index contributed by atoms with van der Waals surface area (Å²) in [6.45, 7) is 8.01. The molecule has 0 aromatic heterocycles. The number of hydrogen-bond donors (Lipinski definition) is 0. The third kappa shape index (κ3) is 5.42. The molecule has 3 heterocycles. The first kappa shape index (κ1) is 29.8. The second-order valence-corrected chi connectivity index (χ2v) is 12.3. The average Bonchev–Trinajstić information content (AvgIpc) is 3.48. The summed E-state index contributed by atoms with van der Waals surface area (Å²) >= 11 is 0. The van der Waals surface area contributed by atoms with Crippen molar-refractivity contribution in [3.63, 3.8) is 0 Å². The van der Waals surface area contributed by atoms with Crippen LogP contribution in [0.2, 0.25) is 0 Å². The van der Waals surface area contributed by atoms with Gasteiger partial charge in [0.15, 0.2) is 11.6 Å². The van der Waals surface area contributed by atoms with Crippen molar-refractivity contribution >= 4 is 23.8 Å². The zero-order valence-corrected chi connectivity index (χ0v) is 24.8. The zero-order chi connectivity index (χ0) is 30.1. The van der Waals surface area contributed by atoms with E-state index in [1.807, 2.05) is 60.7 Å². The molecule has 0 spiro atoms. The van der Waals surface area contributed by atoms with E-state index < -0.39 is 53.0 Å². The Kier molecular flexibility index (Phi) is 8.42. The van der Waals surface area contributed by atoms with Gasteiger partial charge in [0, 0.05) is 24.6 Å². The minimum absolute atomic E-state index is 0.0327. The van der Waals surface area contributed by atoms with Gasteiger partial charge >= 0.3 is 11.9 Å². The molecule has 1 unspecified atom stereocenters. The fourth-order valence-corrected chi connectivity index (χ4v) is 6.86. The quantitative estimate of drug-likeness (QED) is 0.342. The van der Waals surface area contributed by atoms with E-state index in [0.717, 1.165) is 11.1 Å². The Morgan fingerprint density at radius 2 is 1.69 bits per heavy atom. The monoisotopic (exact) mass is 576 g/mol. The summed E-state index contributed by atoms with van der Waals surface area (Å²) < 4.78 is 17.5. The van der Waals surface area contributed by atoms with Crippen LogP contribution in [0, 0.1) is 17.3 Å². The van der Waals surface area contributed by atoms with Crippen molar-refractivity contribution in [1.29, 1.82) is 0 Å². The molecule has 0 bridgehead atoms. The number of fused-ring (bicyclic) bond motifs is 1. The first-order valence-electron chi connectivity index (χ1n) is 14.8. The summed E-state index contributed by atoms with van der Waals surface area (Å²) in [5, 5.41) is 0. The van der Waals surface area contributed by atoms with Gasteiger partial charge in [-0.2, -0.15) is 0 Å². The Morgan fingerprint density at radius 3 is 2.33 bits per heavy atom. The molecule has 9 heteroatoms. The van der Waals surface area contributed by atoms with Gasteiger partial charge in [-0.1, -0.05) is 60.7 Å². The summed E-state index contributed by atoms with van der Waals surface area (Å²) in [5.41, 5.74) is -0.943. The molecule has 3 saturated heterocycles. The van der Waals surface area contributed by atoms with Crippen LogP contribution in [0.1, 0.15) is 64.3 Å². The third-order valence-electron chi connectivity index (χ3n) is 8.47. The van der Waals surface area contributed by atoms with Crippen LogP contribution in [0.25, 0.3) is 0 Å². The van der Waals surface area contributed by atoms with E-state index >= 15 is 0 Å². The molecule has 2 aromatic carbocycles. The highest BCUT2D eigenvalue weighted by molar-refractivity contribution is 6.09. The first-order chi connectivity index (χ1) is 20.1. The van der Waals surface area contributed by atoms with Crippen LogP contribution in [-0.2, 0) is 39.9 Å². The number of amides is 2. The van der Waals surface area contributed by atoms with Crippen molar-refractivity contribution in [3.8, 4) is 0 Å². The van der Waals surface area contributed by atoms with E-state index in [4.69, 9.17) is 14.2 Å². The lowest BCUT2D eigenvalue weighted by Gasteiger charge is -2.42. The number of carbonyl (C=O) groups is 4. The van der Waals surface area contributed by atoms with Crippen LogP contribution in [0.5, 0.6) is 0 Å². The van der Waals surface area contributed by atoms with Crippen molar-refractivity contribution < 1.29 is 33.4 Å². The smallest absolute Gasteiger partial charge is 0.322 e. The zero-order valence-electron chi connectivity index (χ0n) is 24.8. The van der Waals surface area contributed by atoms with Crippen molar-refractivity contribution in [2.45, 2.75) is 71.4 Å². The van der Waals surface area contributed by atoms with Crippen LogP contribution in [0.4, 0.5) is 0 Å². The highest BCUT2D eigenvalue weighted by Gasteiger charge is 2.72. The minimum Gasteiger partial charge on any atom is -0.465 e. The average molecular weight is 577 g/mol. The molecule has 5 atom stereocenters. The molecule has 224 valence electrons. The normalized spacial score (nSPS) is 27.6. The minimum atomic E-state index is -1.89. The van der Waals surface area contributed by atoms with Gasteiger partial charge in [0.2, 0.25) is 11.8 Å². The molecule has 0 radical (unpaired) electrons. The molecular formula is C33H40N2O7. The number of piperidine rings is 1. The van der Waals surface area contributed by atoms with Gasteiger partial charge in [-0.3, -0.25) is 19.2 Å². The van der Waals surface area contributed by atoms with E-state index in [9.17, 15) is 19.2 Å². The van der Waals surface area contributed by atoms with Gasteiger partial charge in [0.25, 0.3) is 0 Å². The van der Waals surface area contributed by atoms with Gasteiger partial charge in [0.1, 0.15) is 5.60 Å². The number of hydrogen-bond acceptors (Lipinski definition) is 7. The molecule has 5 rings (SSSR count). The summed E-state index contributed by atoms with van der Waals surface area (Å²) in [4.78, 5) is 60.0. The number of likely N-dealkylation sites (tertiary alicyclic amines) is 1. The number of esters is 2. The van der Waals surface area contributed by atoms with Crippen LogP contribution in [0.3, 0.4) is 0 Å². The second-order valence-electron chi connectivity index (χ2n) is 12.3. The maximum atomic E-state index is 14.8. The Hall–Kier alpha value is -3.72. The molecule has 3 aliphatic rings. The van der Waals surface area contributed by atoms with E-state index in [1.54, 1.807) is 37.5 Å². The predicted octanol–water partition coefficient (Wildman–Crippen LogP) is 4.26. The number of nitrogens with zero attached hydrogens (tertiary/aromatic N) is 2. The number of rotatable bonds is 8. The fraction of sp³-hybridized carbons (Fsp3) is 0.515. The molecule has 42 heavy (non-hydrogen) atoms. The van der Waals surface area contributed by atoms with Gasteiger partial charge < -0.3 is 24.0 Å². The van der Waals surface area contributed by atoms with Gasteiger partial charge in [-0.15, -0.1) is 0 Å². The van der Waals surface area contributed by atoms with Crippen molar-refractivity contribution in [3.05, 3.63) is 71.8 Å². The molecule has 2 amide bonds. The summed E-state index contributed by atoms with van der Waals surface area (Å²) in [5.74, 6) is -3.97. The highest BCUT2D eigenvalue weighted by atomic mass is 16.6. The second kappa shape index (κ2) is 11.9. The molecular weight excluding hydrogens is 536 g/mol. The predicted molar refractivity (Wildman–Crippen MR) is 153 cm³/mol. The standard InChI is InChI=1S/C33H40N2O7/c1-5-40-31(39)33(24-17-12-18-34(28(24)37)20-22-13-8-6-9-14-22)25(19-27(36)42-32(2,3)4)26-21-41-29(35(26)30(33)38)23-15-10-7-11-16-23/h6-11,13-16,24-26,29H,5,12,17-21H2,1-4H3/t24?,25-,26-,29-,33+/m1/s1. The Balaban J connectivity index is 1.59. The van der Waals surface area contributed by atoms with Crippen molar-refractivity contribution in [1.82, 2.24) is 9.80 Å². The van der Waals surface area contributed by atoms with E-state index in [1.165, 1.54) is 0 Å². The summed E-state index contributed by atoms with van der Waals surface area (Å²) in [6, 6.07) is 18.3. The van der Waals surface area contributed by atoms with Crippen LogP contribution in [0.15, 0.2) is 60.7 Å². The van der Waals surface area contributed by atoms with Crippen molar-refractivity contribution in [2.24, 2.45) is 17.3 Å². The SMILES string of the molecule is CCOC(=O)[C@]1(C2CCCN(Cc3ccccc3)C2=O)C(=O)N2[C@@H](c3ccccc3)OC[C@@H]2[C@H]1CC(=O)OC(C)(C)C. The number of carbonyl (C=O) groups excluding carboxylic acids is 4. The Bertz CT molecular complexity index is 1310. The maximum absolute atomic E-state index is 14.8. The van der Waals surface area contributed by atoms with E-state index in [-0.39, 0.29) is 25.5 Å².